The lowest BCUT2D eigenvalue weighted by molar-refractivity contribution is -0.147. The number of carbonyl (C=O) groups is 3. The predicted octanol–water partition coefficient (Wildman–Crippen LogP) is 4.66. The Labute approximate surface area is 174 Å². The van der Waals surface area contributed by atoms with Crippen molar-refractivity contribution in [2.45, 2.75) is 12.8 Å². The van der Waals surface area contributed by atoms with Gasteiger partial charge in [0.05, 0.1) is 17.1 Å². The molecule has 0 aliphatic heterocycles. The first kappa shape index (κ1) is 21.2. The van der Waals surface area contributed by atoms with E-state index in [0.29, 0.717) is 21.4 Å². The lowest BCUT2D eigenvalue weighted by Gasteiger charge is -2.08. The Morgan fingerprint density at radius 3 is 2.30 bits per heavy atom. The molecule has 2 rings (SSSR count). The molecule has 0 heterocycles. The van der Waals surface area contributed by atoms with Crippen LogP contribution in [0.15, 0.2) is 46.9 Å². The molecular weight excluding hydrogens is 459 g/mol. The second kappa shape index (κ2) is 10.3. The lowest BCUT2D eigenvalue weighted by atomic mass is 10.2. The molecule has 6 nitrogen and oxygen atoms in total. The summed E-state index contributed by atoms with van der Waals surface area (Å²) in [7, 11) is 0. The average molecular weight is 474 g/mol. The number of hydrogen-bond acceptors (Lipinski definition) is 4. The minimum absolute atomic E-state index is 0.0678. The van der Waals surface area contributed by atoms with Crippen molar-refractivity contribution < 1.29 is 19.1 Å². The Hall–Kier alpha value is -2.09. The third-order valence-corrected chi connectivity index (χ3v) is 4.31. The molecule has 2 N–H and O–H groups in total. The van der Waals surface area contributed by atoms with Crippen LogP contribution in [0.5, 0.6) is 0 Å². The Balaban J connectivity index is 1.69. The van der Waals surface area contributed by atoms with Gasteiger partial charge in [0, 0.05) is 21.6 Å². The molecule has 142 valence electrons. The van der Waals surface area contributed by atoms with Crippen molar-refractivity contribution in [1.82, 2.24) is 0 Å². The predicted molar refractivity (Wildman–Crippen MR) is 108 cm³/mol. The molecule has 0 aliphatic carbocycles. The third-order valence-electron chi connectivity index (χ3n) is 3.25. The first-order chi connectivity index (χ1) is 12.8. The molecule has 9 heteroatoms. The molecule has 0 saturated carbocycles. The highest BCUT2D eigenvalue weighted by atomic mass is 79.9. The zero-order valence-corrected chi connectivity index (χ0v) is 17.0. The van der Waals surface area contributed by atoms with E-state index >= 15 is 0 Å². The van der Waals surface area contributed by atoms with Crippen LogP contribution in [0, 0.1) is 0 Å². The van der Waals surface area contributed by atoms with Gasteiger partial charge in [0.1, 0.15) is 0 Å². The molecule has 0 atom stereocenters. The highest BCUT2D eigenvalue weighted by Crippen LogP contribution is 2.25. The zero-order valence-electron chi connectivity index (χ0n) is 13.9. The molecule has 0 aliphatic rings. The van der Waals surface area contributed by atoms with Crippen molar-refractivity contribution >= 4 is 68.3 Å². The molecule has 0 saturated heterocycles. The standard InChI is InChI=1S/C18H15BrCl2N2O4/c19-11-1-6-15(14(21)9-11)23-17(25)10-27-18(26)8-7-16(24)22-13-4-2-12(20)3-5-13/h1-6,9H,7-8,10H2,(H,22,24)(H,23,25). The number of anilines is 2. The van der Waals surface area contributed by atoms with Crippen LogP contribution in [0.25, 0.3) is 0 Å². The number of amides is 2. The minimum Gasteiger partial charge on any atom is -0.456 e. The fourth-order valence-electron chi connectivity index (χ4n) is 1.97. The first-order valence-corrected chi connectivity index (χ1v) is 9.34. The quantitative estimate of drug-likeness (QED) is 0.573. The summed E-state index contributed by atoms with van der Waals surface area (Å²) in [6, 6.07) is 11.5. The molecule has 27 heavy (non-hydrogen) atoms. The smallest absolute Gasteiger partial charge is 0.306 e. The van der Waals surface area contributed by atoms with Crippen LogP contribution in [0.2, 0.25) is 10.0 Å². The molecule has 2 amide bonds. The van der Waals surface area contributed by atoms with Gasteiger partial charge in [-0.2, -0.15) is 0 Å². The number of nitrogens with one attached hydrogen (secondary N) is 2. The van der Waals surface area contributed by atoms with Crippen LogP contribution in [-0.2, 0) is 19.1 Å². The average Bonchev–Trinajstić information content (AvgIpc) is 2.62. The topological polar surface area (TPSA) is 84.5 Å². The molecule has 0 fully saturated rings. The maximum Gasteiger partial charge on any atom is 0.306 e. The number of rotatable bonds is 7. The van der Waals surface area contributed by atoms with Crippen LogP contribution in [0.3, 0.4) is 0 Å². The van der Waals surface area contributed by atoms with Crippen molar-refractivity contribution in [3.63, 3.8) is 0 Å². The van der Waals surface area contributed by atoms with E-state index in [-0.39, 0.29) is 18.7 Å². The lowest BCUT2D eigenvalue weighted by Crippen LogP contribution is -2.22. The Morgan fingerprint density at radius 1 is 0.926 bits per heavy atom. The summed E-state index contributed by atoms with van der Waals surface area (Å²) in [5.41, 5.74) is 0.978. The molecule has 2 aromatic rings. The van der Waals surface area contributed by atoms with Gasteiger partial charge >= 0.3 is 5.97 Å². The Bertz CT molecular complexity index is 844. The van der Waals surface area contributed by atoms with E-state index in [4.69, 9.17) is 27.9 Å². The summed E-state index contributed by atoms with van der Waals surface area (Å²) in [5, 5.41) is 6.07. The largest absolute Gasteiger partial charge is 0.456 e. The second-order valence-electron chi connectivity index (χ2n) is 5.39. The monoisotopic (exact) mass is 472 g/mol. The van der Waals surface area contributed by atoms with Gasteiger partial charge < -0.3 is 15.4 Å². The van der Waals surface area contributed by atoms with Crippen LogP contribution < -0.4 is 10.6 Å². The van der Waals surface area contributed by atoms with E-state index in [2.05, 4.69) is 26.6 Å². The highest BCUT2D eigenvalue weighted by Gasteiger charge is 2.12. The number of esters is 1. The normalized spacial score (nSPS) is 10.2. The molecule has 2 aromatic carbocycles. The van der Waals surface area contributed by atoms with Gasteiger partial charge in [-0.25, -0.2) is 0 Å². The molecular formula is C18H15BrCl2N2O4. The Kier molecular flexibility index (Phi) is 8.09. The van der Waals surface area contributed by atoms with Gasteiger partial charge in [-0.3, -0.25) is 14.4 Å². The summed E-state index contributed by atoms with van der Waals surface area (Å²) >= 11 is 15.0. The SMILES string of the molecule is O=C(CCC(=O)OCC(=O)Nc1ccc(Br)cc1Cl)Nc1ccc(Cl)cc1. The maximum atomic E-state index is 11.8. The fraction of sp³-hybridized carbons (Fsp3) is 0.167. The van der Waals surface area contributed by atoms with Crippen LogP contribution in [0.1, 0.15) is 12.8 Å². The van der Waals surface area contributed by atoms with Crippen molar-refractivity contribution in [2.24, 2.45) is 0 Å². The van der Waals surface area contributed by atoms with Crippen molar-refractivity contribution in [2.75, 3.05) is 17.2 Å². The first-order valence-electron chi connectivity index (χ1n) is 7.79. The van der Waals surface area contributed by atoms with Gasteiger partial charge in [0.15, 0.2) is 6.61 Å². The van der Waals surface area contributed by atoms with Crippen molar-refractivity contribution in [3.8, 4) is 0 Å². The number of hydrogen-bond donors (Lipinski definition) is 2. The maximum absolute atomic E-state index is 11.8. The van der Waals surface area contributed by atoms with Crippen molar-refractivity contribution in [3.05, 3.63) is 57.0 Å². The highest BCUT2D eigenvalue weighted by molar-refractivity contribution is 9.10. The Morgan fingerprint density at radius 2 is 1.63 bits per heavy atom. The van der Waals surface area contributed by atoms with Crippen LogP contribution in [0.4, 0.5) is 11.4 Å². The van der Waals surface area contributed by atoms with Gasteiger partial charge in [-0.05, 0) is 42.5 Å². The van der Waals surface area contributed by atoms with Crippen LogP contribution >= 0.6 is 39.1 Å². The summed E-state index contributed by atoms with van der Waals surface area (Å²) in [6.45, 7) is -0.468. The number of benzene rings is 2. The number of halogens is 3. The summed E-state index contributed by atoms with van der Waals surface area (Å²) < 4.78 is 5.63. The van der Waals surface area contributed by atoms with Gasteiger partial charge in [0.2, 0.25) is 5.91 Å². The number of ether oxygens (including phenoxy) is 1. The van der Waals surface area contributed by atoms with Gasteiger partial charge in [0.25, 0.3) is 5.91 Å². The zero-order chi connectivity index (χ0) is 19.8. The van der Waals surface area contributed by atoms with Crippen LogP contribution in [-0.4, -0.2) is 24.4 Å². The van der Waals surface area contributed by atoms with E-state index in [1.165, 1.54) is 0 Å². The molecule has 0 aromatic heterocycles. The van der Waals surface area contributed by atoms with E-state index in [9.17, 15) is 14.4 Å². The van der Waals surface area contributed by atoms with E-state index in [1.807, 2.05) is 0 Å². The molecule has 0 radical (unpaired) electrons. The van der Waals surface area contributed by atoms with Gasteiger partial charge in [-0.1, -0.05) is 39.1 Å². The van der Waals surface area contributed by atoms with Gasteiger partial charge in [-0.15, -0.1) is 0 Å². The van der Waals surface area contributed by atoms with E-state index < -0.39 is 18.5 Å². The third kappa shape index (κ3) is 7.58. The minimum atomic E-state index is -0.654. The summed E-state index contributed by atoms with van der Waals surface area (Å²) in [6.07, 6.45) is -0.215. The fourth-order valence-corrected chi connectivity index (χ4v) is 2.81. The molecule has 0 unspecified atom stereocenters. The van der Waals surface area contributed by atoms with Crippen molar-refractivity contribution in [1.29, 1.82) is 0 Å². The van der Waals surface area contributed by atoms with E-state index in [0.717, 1.165) is 4.47 Å². The molecule has 0 bridgehead atoms. The van der Waals surface area contributed by atoms with E-state index in [1.54, 1.807) is 42.5 Å². The number of carbonyl (C=O) groups excluding carboxylic acids is 3. The summed E-state index contributed by atoms with van der Waals surface area (Å²) in [5.74, 6) is -1.53. The summed E-state index contributed by atoms with van der Waals surface area (Å²) in [4.78, 5) is 35.3. The second-order valence-corrected chi connectivity index (χ2v) is 7.15. The molecule has 0 spiro atoms.